The first kappa shape index (κ1) is 37.0. The number of unbranched alkanes of at least 4 members (excludes halogenated alkanes) is 1. The van der Waals surface area contributed by atoms with E-state index >= 15 is 0 Å². The maximum absolute atomic E-state index is 14.0. The van der Waals surface area contributed by atoms with Gasteiger partial charge in [-0.1, -0.05) is 73.5 Å². The van der Waals surface area contributed by atoms with Gasteiger partial charge in [0, 0.05) is 52.9 Å². The van der Waals surface area contributed by atoms with Gasteiger partial charge in [-0.05, 0) is 65.6 Å². The predicted molar refractivity (Wildman–Crippen MR) is 212 cm³/mol. The monoisotopic (exact) mass is 781 g/mol. The zero-order valence-corrected chi connectivity index (χ0v) is 31.4. The molecule has 0 radical (unpaired) electrons. The summed E-state index contributed by atoms with van der Waals surface area (Å²) in [6.07, 6.45) is 2.55. The summed E-state index contributed by atoms with van der Waals surface area (Å²) in [5, 5.41) is 31.0. The molecule has 0 saturated heterocycles. The van der Waals surface area contributed by atoms with Crippen LogP contribution in [-0.2, 0) is 29.8 Å². The summed E-state index contributed by atoms with van der Waals surface area (Å²) >= 11 is 6.78. The van der Waals surface area contributed by atoms with E-state index in [1.165, 1.54) is 24.3 Å². The molecule has 1 amide bonds. The topological polar surface area (TPSA) is 197 Å². The molecule has 0 bridgehead atoms. The van der Waals surface area contributed by atoms with E-state index in [0.717, 1.165) is 35.4 Å². The Bertz CT molecular complexity index is 2570. The molecule has 14 heteroatoms. The molecule has 5 aromatic carbocycles. The molecule has 2 aliphatic rings. The normalized spacial score (nSPS) is 13.6. The van der Waals surface area contributed by atoms with Crippen LogP contribution in [0.2, 0.25) is 5.15 Å². The molecule has 6 N–H and O–H groups in total. The van der Waals surface area contributed by atoms with Crippen molar-refractivity contribution in [1.82, 2.24) is 14.9 Å². The number of esters is 1. The fourth-order valence-electron chi connectivity index (χ4n) is 7.55. The number of phenolic OH excluding ortho intramolecular Hbond substituents is 2. The van der Waals surface area contributed by atoms with Gasteiger partial charge in [0.05, 0.1) is 17.8 Å². The number of carbonyl (C=O) groups is 2. The van der Waals surface area contributed by atoms with Crippen LogP contribution in [0.4, 0.5) is 0 Å². The lowest BCUT2D eigenvalue weighted by Crippen LogP contribution is -2.33. The zero-order valence-electron chi connectivity index (χ0n) is 30.6. The largest absolute Gasteiger partial charge is 0.508 e. The number of nitrogens with zero attached hydrogens (tertiary/aromatic N) is 4. The fraction of sp³-hybridized carbons (Fsp3) is 0.163. The molecule has 1 aromatic heterocycles. The molecule has 6 aromatic rings. The van der Waals surface area contributed by atoms with Crippen molar-refractivity contribution in [3.05, 3.63) is 159 Å². The van der Waals surface area contributed by atoms with E-state index < -0.39 is 17.5 Å². The molecular formula is C43H36ClN7O6. The highest BCUT2D eigenvalue weighted by atomic mass is 35.5. The highest BCUT2D eigenvalue weighted by Gasteiger charge is 2.54. The number of aromatic nitrogens is 2. The molecule has 0 unspecified atom stereocenters. The van der Waals surface area contributed by atoms with Gasteiger partial charge in [0.2, 0.25) is 0 Å². The number of aryl methyl sites for hydroxylation is 1. The van der Waals surface area contributed by atoms with Gasteiger partial charge in [-0.15, -0.1) is 5.11 Å². The number of halogens is 1. The van der Waals surface area contributed by atoms with Gasteiger partial charge in [-0.25, -0.2) is 15.3 Å². The molecule has 0 aliphatic carbocycles. The van der Waals surface area contributed by atoms with Gasteiger partial charge >= 0.3 is 5.97 Å². The van der Waals surface area contributed by atoms with E-state index in [1.54, 1.807) is 30.3 Å². The third-order valence-corrected chi connectivity index (χ3v) is 10.6. The molecular weight excluding hydrogens is 746 g/mol. The second-order valence-corrected chi connectivity index (χ2v) is 14.1. The average Bonchev–Trinajstić information content (AvgIpc) is 3.67. The summed E-state index contributed by atoms with van der Waals surface area (Å²) in [6, 6.07) is 29.2. The number of hydrogen-bond acceptors (Lipinski definition) is 10. The molecule has 13 nitrogen and oxygen atoms in total. The number of benzene rings is 5. The van der Waals surface area contributed by atoms with Crippen molar-refractivity contribution >= 4 is 29.3 Å². The third kappa shape index (κ3) is 6.51. The average molecular weight is 782 g/mol. The Morgan fingerprint density at radius 3 is 2.30 bits per heavy atom. The Labute approximate surface area is 331 Å². The van der Waals surface area contributed by atoms with E-state index in [1.807, 2.05) is 53.1 Å². The Morgan fingerprint density at radius 2 is 1.63 bits per heavy atom. The van der Waals surface area contributed by atoms with E-state index in [-0.39, 0.29) is 51.7 Å². The summed E-state index contributed by atoms with van der Waals surface area (Å²) in [6.45, 7) is 2.61. The van der Waals surface area contributed by atoms with E-state index in [4.69, 9.17) is 37.4 Å². The smallest absolute Gasteiger partial charge is 0.340 e. The van der Waals surface area contributed by atoms with Crippen molar-refractivity contribution in [2.45, 2.75) is 44.9 Å². The van der Waals surface area contributed by atoms with Gasteiger partial charge in [0.15, 0.2) is 16.6 Å². The van der Waals surface area contributed by atoms with Crippen LogP contribution in [0.5, 0.6) is 23.0 Å². The number of hydrazone groups is 1. The van der Waals surface area contributed by atoms with Crippen molar-refractivity contribution in [2.75, 3.05) is 0 Å². The lowest BCUT2D eigenvalue weighted by Gasteiger charge is -2.36. The highest BCUT2D eigenvalue weighted by Crippen LogP contribution is 2.57. The number of amides is 1. The highest BCUT2D eigenvalue weighted by molar-refractivity contribution is 6.30. The Hall–Kier alpha value is -6.99. The summed E-state index contributed by atoms with van der Waals surface area (Å²) < 4.78 is 14.3. The van der Waals surface area contributed by atoms with Crippen LogP contribution < -0.4 is 15.9 Å². The summed E-state index contributed by atoms with van der Waals surface area (Å²) in [5.74, 6) is 5.76. The Kier molecular flexibility index (Phi) is 9.68. The van der Waals surface area contributed by atoms with Crippen LogP contribution in [0.3, 0.4) is 0 Å². The van der Waals surface area contributed by atoms with Crippen molar-refractivity contribution < 1.29 is 29.3 Å². The van der Waals surface area contributed by atoms with Crippen LogP contribution in [0.15, 0.2) is 113 Å². The molecule has 3 heterocycles. The molecule has 2 aliphatic heterocycles. The van der Waals surface area contributed by atoms with Crippen molar-refractivity contribution in [3.63, 3.8) is 0 Å². The molecule has 286 valence electrons. The number of fused-ring (bicyclic) bond motifs is 6. The van der Waals surface area contributed by atoms with Gasteiger partial charge in [0.25, 0.3) is 5.91 Å². The minimum atomic E-state index is -1.52. The van der Waals surface area contributed by atoms with Crippen LogP contribution in [0.25, 0.3) is 11.1 Å². The number of hydrogen-bond donors (Lipinski definition) is 5. The van der Waals surface area contributed by atoms with Gasteiger partial charge in [-0.2, -0.15) is 5.10 Å². The number of phenols is 2. The second-order valence-electron chi connectivity index (χ2n) is 13.7. The maximum Gasteiger partial charge on any atom is 0.340 e. The number of nitrogens with one attached hydrogen (secondary N) is 2. The first-order chi connectivity index (χ1) is 27.6. The first-order valence-corrected chi connectivity index (χ1v) is 18.6. The standard InChI is InChI=1S/C43H36ClN7O6/c1-2-3-8-38-48-39(44)35(51(38)23-24-9-11-25(12-10-24)29-6-4-5-7-30(29)40(49-45)50-46)22-47-41(54)26-13-16-31-34(19-26)43(57-42(31)55)32-17-14-27(52)20-36(32)56-37-21-28(53)15-18-33(37)43/h4-7,9-21,45,52-53H,2-3,8,22-23,46H2,1H3,(H,47,54)/b49-45?,50-40-. The number of nitrogens with two attached hydrogens (primary N) is 1. The number of rotatable bonds is 10. The van der Waals surface area contributed by atoms with Crippen LogP contribution >= 0.6 is 11.6 Å². The van der Waals surface area contributed by atoms with Crippen LogP contribution in [0.1, 0.15) is 79.8 Å². The van der Waals surface area contributed by atoms with Crippen molar-refractivity contribution in [3.8, 4) is 34.1 Å². The van der Waals surface area contributed by atoms with Crippen molar-refractivity contribution in [2.24, 2.45) is 16.1 Å². The summed E-state index contributed by atoms with van der Waals surface area (Å²) in [5.41, 5.74) is 11.8. The summed E-state index contributed by atoms with van der Waals surface area (Å²) in [4.78, 5) is 32.1. The maximum atomic E-state index is 14.0. The quantitative estimate of drug-likeness (QED) is 0.0229. The Morgan fingerprint density at radius 1 is 0.930 bits per heavy atom. The van der Waals surface area contributed by atoms with Crippen molar-refractivity contribution in [1.29, 1.82) is 5.53 Å². The van der Waals surface area contributed by atoms with E-state index in [0.29, 0.717) is 40.9 Å². The minimum Gasteiger partial charge on any atom is -0.508 e. The summed E-state index contributed by atoms with van der Waals surface area (Å²) in [7, 11) is 0. The zero-order chi connectivity index (χ0) is 39.8. The number of ether oxygens (including phenoxy) is 2. The molecule has 1 spiro atoms. The minimum absolute atomic E-state index is 0.0616. The molecule has 57 heavy (non-hydrogen) atoms. The molecule has 8 rings (SSSR count). The number of amidine groups is 1. The molecule has 0 fully saturated rings. The lowest BCUT2D eigenvalue weighted by molar-refractivity contribution is 0.0224. The van der Waals surface area contributed by atoms with Crippen LogP contribution in [-0.4, -0.2) is 37.5 Å². The predicted octanol–water partition coefficient (Wildman–Crippen LogP) is 8.15. The second kappa shape index (κ2) is 14.9. The molecule has 0 saturated carbocycles. The van der Waals surface area contributed by atoms with E-state index in [2.05, 4.69) is 22.5 Å². The third-order valence-electron chi connectivity index (χ3n) is 10.3. The SMILES string of the molecule is CCCCc1nc(Cl)c(CNC(=O)c2ccc3c(c2)C2(OC3=O)c3ccc(O)cc3Oc3cc(O)ccc32)n1Cc1ccc(-c2ccccc2/C(N=N)=N/N)cc1. The fourth-order valence-corrected chi connectivity index (χ4v) is 7.82. The number of carbonyl (C=O) groups excluding carboxylic acids is 2. The van der Waals surface area contributed by atoms with Crippen LogP contribution in [0, 0.1) is 5.53 Å². The van der Waals surface area contributed by atoms with Gasteiger partial charge in [-0.3, -0.25) is 4.79 Å². The van der Waals surface area contributed by atoms with Gasteiger partial charge in [0.1, 0.15) is 28.8 Å². The first-order valence-electron chi connectivity index (χ1n) is 18.2. The van der Waals surface area contributed by atoms with E-state index in [9.17, 15) is 19.8 Å². The number of imidazole rings is 1. The van der Waals surface area contributed by atoms with Gasteiger partial charge < -0.3 is 35.4 Å². The number of aromatic hydroxyl groups is 2. The molecule has 0 atom stereocenters. The lowest BCUT2D eigenvalue weighted by atomic mass is 9.77. The Balaban J connectivity index is 1.09.